The van der Waals surface area contributed by atoms with Crippen molar-refractivity contribution in [2.24, 2.45) is 5.92 Å². The van der Waals surface area contributed by atoms with Crippen LogP contribution in [0.5, 0.6) is 0 Å². The van der Waals surface area contributed by atoms with Gasteiger partial charge in [0.05, 0.1) is 0 Å². The maximum Gasteiger partial charge on any atom is 0.319 e. The Labute approximate surface area is 95.0 Å². The van der Waals surface area contributed by atoms with E-state index in [0.29, 0.717) is 0 Å². The summed E-state index contributed by atoms with van der Waals surface area (Å²) in [6.45, 7) is 3.99. The molecule has 0 aromatic heterocycles. The van der Waals surface area contributed by atoms with Gasteiger partial charge in [0.15, 0.2) is 0 Å². The van der Waals surface area contributed by atoms with Crippen molar-refractivity contribution in [2.45, 2.75) is 32.1 Å². The minimum atomic E-state index is -0.206. The van der Waals surface area contributed by atoms with Gasteiger partial charge in [0.2, 0.25) is 0 Å². The van der Waals surface area contributed by atoms with Gasteiger partial charge in [0, 0.05) is 32.1 Å². The lowest BCUT2D eigenvalue weighted by atomic mass is 9.86. The lowest BCUT2D eigenvalue weighted by molar-refractivity contribution is 0.0318. The molecule has 0 aliphatic carbocycles. The van der Waals surface area contributed by atoms with Crippen molar-refractivity contribution in [3.63, 3.8) is 0 Å². The number of fused-ring (bicyclic) bond motifs is 1. The monoisotopic (exact) mass is 226 g/mol. The normalized spacial score (nSPS) is 39.0. The summed E-state index contributed by atoms with van der Waals surface area (Å²) in [4.78, 5) is 26.5. The van der Waals surface area contributed by atoms with Gasteiger partial charge in [-0.1, -0.05) is 0 Å². The summed E-state index contributed by atoms with van der Waals surface area (Å²) >= 11 is 0. The first-order chi connectivity index (χ1) is 7.43. The largest absolute Gasteiger partial charge is 0.335 e. The molecule has 2 aliphatic heterocycles. The van der Waals surface area contributed by atoms with E-state index in [4.69, 9.17) is 0 Å². The minimum Gasteiger partial charge on any atom is -0.335 e. The highest BCUT2D eigenvalue weighted by Crippen LogP contribution is 2.27. The number of nitrogens with one attached hydrogen (secondary N) is 2. The first-order valence-corrected chi connectivity index (χ1v) is 5.50. The van der Waals surface area contributed by atoms with E-state index in [1.165, 1.54) is 0 Å². The predicted octanol–water partition coefficient (Wildman–Crippen LogP) is 0.0157. The van der Waals surface area contributed by atoms with Crippen molar-refractivity contribution in [2.75, 3.05) is 14.1 Å². The van der Waals surface area contributed by atoms with Crippen LogP contribution in [0.3, 0.4) is 0 Å². The van der Waals surface area contributed by atoms with Gasteiger partial charge in [-0.2, -0.15) is 0 Å². The molecule has 6 heteroatoms. The standard InChI is InChI=1S/C10H18N4O2/c1-5-7-6(2)13(3)10(16)12-8(7)14(4)9(15)11-5/h5-8H,1-4H3,(H,11,15)(H,12,16)/t5?,6?,7-,8-/m0/s1. The Balaban J connectivity index is 2.29. The summed E-state index contributed by atoms with van der Waals surface area (Å²) < 4.78 is 0. The third-order valence-corrected chi connectivity index (χ3v) is 3.79. The highest BCUT2D eigenvalue weighted by Gasteiger charge is 2.47. The fourth-order valence-corrected chi connectivity index (χ4v) is 2.60. The zero-order valence-corrected chi connectivity index (χ0v) is 10.0. The van der Waals surface area contributed by atoms with Crippen LogP contribution < -0.4 is 10.6 Å². The van der Waals surface area contributed by atoms with E-state index in [2.05, 4.69) is 10.6 Å². The number of urea groups is 2. The second-order valence-electron chi connectivity index (χ2n) is 4.67. The maximum absolute atomic E-state index is 11.7. The van der Waals surface area contributed by atoms with Gasteiger partial charge in [0.1, 0.15) is 6.17 Å². The van der Waals surface area contributed by atoms with Crippen LogP contribution in [0.1, 0.15) is 13.8 Å². The molecule has 0 radical (unpaired) electrons. The molecular weight excluding hydrogens is 208 g/mol. The number of rotatable bonds is 0. The van der Waals surface area contributed by atoms with E-state index >= 15 is 0 Å². The predicted molar refractivity (Wildman–Crippen MR) is 58.8 cm³/mol. The third kappa shape index (κ3) is 1.40. The molecule has 0 aromatic carbocycles. The molecule has 2 rings (SSSR count). The van der Waals surface area contributed by atoms with Crippen LogP contribution in [0, 0.1) is 5.92 Å². The van der Waals surface area contributed by atoms with Gasteiger partial charge in [-0.3, -0.25) is 0 Å². The second kappa shape index (κ2) is 3.54. The number of nitrogens with zero attached hydrogens (tertiary/aromatic N) is 2. The van der Waals surface area contributed by atoms with E-state index in [1.807, 2.05) is 13.8 Å². The Hall–Kier alpha value is -1.46. The van der Waals surface area contributed by atoms with Crippen LogP contribution in [0.25, 0.3) is 0 Å². The van der Waals surface area contributed by atoms with Gasteiger partial charge in [-0.25, -0.2) is 9.59 Å². The summed E-state index contributed by atoms with van der Waals surface area (Å²) in [7, 11) is 3.48. The van der Waals surface area contributed by atoms with Crippen LogP contribution in [0.4, 0.5) is 9.59 Å². The first kappa shape index (κ1) is 11.0. The molecular formula is C10H18N4O2. The molecule has 0 bridgehead atoms. The Bertz CT molecular complexity index is 333. The molecule has 0 saturated carbocycles. The topological polar surface area (TPSA) is 64.7 Å². The van der Waals surface area contributed by atoms with E-state index < -0.39 is 0 Å². The van der Waals surface area contributed by atoms with Gasteiger partial charge < -0.3 is 20.4 Å². The zero-order chi connectivity index (χ0) is 12.0. The van der Waals surface area contributed by atoms with Crippen molar-refractivity contribution < 1.29 is 9.59 Å². The lowest BCUT2D eigenvalue weighted by Crippen LogP contribution is -2.73. The number of carbonyl (C=O) groups excluding carboxylic acids is 2. The number of carbonyl (C=O) groups is 2. The fraction of sp³-hybridized carbons (Fsp3) is 0.800. The Morgan fingerprint density at radius 3 is 2.19 bits per heavy atom. The van der Waals surface area contributed by atoms with Gasteiger partial charge in [-0.05, 0) is 13.8 Å². The van der Waals surface area contributed by atoms with Crippen molar-refractivity contribution >= 4 is 12.1 Å². The molecule has 0 spiro atoms. The number of amides is 4. The molecule has 4 atom stereocenters. The number of hydrogen-bond donors (Lipinski definition) is 2. The summed E-state index contributed by atoms with van der Waals surface area (Å²) in [6, 6.07) is -0.0862. The lowest BCUT2D eigenvalue weighted by Gasteiger charge is -2.51. The van der Waals surface area contributed by atoms with Crippen LogP contribution in [-0.4, -0.2) is 54.2 Å². The van der Waals surface area contributed by atoms with Crippen LogP contribution in [0.2, 0.25) is 0 Å². The molecule has 2 aliphatic rings. The highest BCUT2D eigenvalue weighted by atomic mass is 16.2. The van der Waals surface area contributed by atoms with Gasteiger partial charge in [0.25, 0.3) is 0 Å². The molecule has 2 fully saturated rings. The van der Waals surface area contributed by atoms with E-state index in [-0.39, 0.29) is 36.2 Å². The van der Waals surface area contributed by atoms with Crippen molar-refractivity contribution in [1.82, 2.24) is 20.4 Å². The van der Waals surface area contributed by atoms with E-state index in [9.17, 15) is 9.59 Å². The highest BCUT2D eigenvalue weighted by molar-refractivity contribution is 5.80. The summed E-state index contributed by atoms with van der Waals surface area (Å²) in [6.07, 6.45) is -0.206. The molecule has 0 aromatic rings. The quantitative estimate of drug-likeness (QED) is 0.611. The molecule has 2 N–H and O–H groups in total. The van der Waals surface area contributed by atoms with E-state index in [0.717, 1.165) is 0 Å². The second-order valence-corrected chi connectivity index (χ2v) is 4.67. The van der Waals surface area contributed by atoms with Crippen molar-refractivity contribution in [3.8, 4) is 0 Å². The molecule has 4 amide bonds. The number of hydrogen-bond acceptors (Lipinski definition) is 2. The fourth-order valence-electron chi connectivity index (χ4n) is 2.60. The Kier molecular flexibility index (Phi) is 2.44. The average molecular weight is 226 g/mol. The molecule has 90 valence electrons. The Morgan fingerprint density at radius 2 is 1.56 bits per heavy atom. The van der Waals surface area contributed by atoms with Crippen LogP contribution in [-0.2, 0) is 0 Å². The first-order valence-electron chi connectivity index (χ1n) is 5.50. The van der Waals surface area contributed by atoms with Crippen molar-refractivity contribution in [3.05, 3.63) is 0 Å². The molecule has 16 heavy (non-hydrogen) atoms. The van der Waals surface area contributed by atoms with E-state index in [1.54, 1.807) is 23.9 Å². The van der Waals surface area contributed by atoms with Crippen molar-refractivity contribution in [1.29, 1.82) is 0 Å². The molecule has 2 heterocycles. The van der Waals surface area contributed by atoms with Gasteiger partial charge in [-0.15, -0.1) is 0 Å². The average Bonchev–Trinajstić information content (AvgIpc) is 2.22. The zero-order valence-electron chi connectivity index (χ0n) is 10.0. The smallest absolute Gasteiger partial charge is 0.319 e. The summed E-state index contributed by atoms with van der Waals surface area (Å²) in [5.41, 5.74) is 0. The third-order valence-electron chi connectivity index (χ3n) is 3.79. The minimum absolute atomic E-state index is 0.0618. The Morgan fingerprint density at radius 1 is 1.00 bits per heavy atom. The van der Waals surface area contributed by atoms with Gasteiger partial charge >= 0.3 is 12.1 Å². The van der Waals surface area contributed by atoms with Crippen LogP contribution >= 0.6 is 0 Å². The molecule has 2 unspecified atom stereocenters. The molecule has 2 saturated heterocycles. The van der Waals surface area contributed by atoms with Crippen LogP contribution in [0.15, 0.2) is 0 Å². The SMILES string of the molecule is CC1NC(=O)N(C)[C@@H]2NC(=O)N(C)C(C)[C@H]12. The summed E-state index contributed by atoms with van der Waals surface area (Å²) in [5, 5.41) is 5.76. The summed E-state index contributed by atoms with van der Waals surface area (Å²) in [5.74, 6) is 0.199. The molecule has 6 nitrogen and oxygen atoms in total. The maximum atomic E-state index is 11.7.